The highest BCUT2D eigenvalue weighted by atomic mass is 16.5. The minimum absolute atomic E-state index is 0.253. The Labute approximate surface area is 192 Å². The number of amides is 2. The van der Waals surface area contributed by atoms with Crippen LogP contribution in [0.1, 0.15) is 32.0 Å². The fourth-order valence-electron chi connectivity index (χ4n) is 3.28. The van der Waals surface area contributed by atoms with Gasteiger partial charge in [-0.3, -0.25) is 9.59 Å². The van der Waals surface area contributed by atoms with Crippen molar-refractivity contribution < 1.29 is 18.7 Å². The van der Waals surface area contributed by atoms with Gasteiger partial charge in [-0.25, -0.2) is 0 Å². The molecular weight excluding hydrogens is 416 g/mol. The summed E-state index contributed by atoms with van der Waals surface area (Å²) in [5, 5.41) is 5.63. The van der Waals surface area contributed by atoms with E-state index in [4.69, 9.17) is 9.15 Å². The molecule has 1 heterocycles. The van der Waals surface area contributed by atoms with Crippen LogP contribution in [0.25, 0.3) is 0 Å². The van der Waals surface area contributed by atoms with E-state index in [1.807, 2.05) is 24.3 Å². The molecule has 1 aromatic heterocycles. The SMILES string of the molecule is O=C(NCc1ccco1)c1cccc(NC(=O)c2cccc(OCCc3ccccc3)c2)c1. The van der Waals surface area contributed by atoms with Crippen LogP contribution in [0.4, 0.5) is 5.69 Å². The lowest BCUT2D eigenvalue weighted by atomic mass is 10.1. The standard InChI is InChI=1S/C27H24N2O4/c30-26(28-19-25-13-6-15-32-25)21-9-4-11-23(17-21)29-27(31)22-10-5-12-24(18-22)33-16-14-20-7-2-1-3-8-20/h1-13,15,17-18H,14,16,19H2,(H,28,30)(H,29,31). The Morgan fingerprint density at radius 2 is 1.58 bits per heavy atom. The lowest BCUT2D eigenvalue weighted by Gasteiger charge is -2.10. The van der Waals surface area contributed by atoms with Gasteiger partial charge in [0.05, 0.1) is 19.4 Å². The van der Waals surface area contributed by atoms with Gasteiger partial charge >= 0.3 is 0 Å². The van der Waals surface area contributed by atoms with Crippen LogP contribution in [0.2, 0.25) is 0 Å². The first-order valence-corrected chi connectivity index (χ1v) is 10.7. The normalized spacial score (nSPS) is 10.4. The average molecular weight is 440 g/mol. The molecule has 0 unspecified atom stereocenters. The van der Waals surface area contributed by atoms with Crippen molar-refractivity contribution in [2.45, 2.75) is 13.0 Å². The Bertz CT molecular complexity index is 1200. The molecule has 0 saturated heterocycles. The molecule has 0 aliphatic heterocycles. The van der Waals surface area contributed by atoms with Crippen molar-refractivity contribution >= 4 is 17.5 Å². The Morgan fingerprint density at radius 1 is 0.788 bits per heavy atom. The summed E-state index contributed by atoms with van der Waals surface area (Å²) in [6, 6.07) is 27.5. The molecule has 0 aliphatic carbocycles. The third-order valence-electron chi connectivity index (χ3n) is 4.98. The molecule has 2 N–H and O–H groups in total. The topological polar surface area (TPSA) is 80.6 Å². The Hall–Kier alpha value is -4.32. The van der Waals surface area contributed by atoms with E-state index in [9.17, 15) is 9.59 Å². The van der Waals surface area contributed by atoms with Gasteiger partial charge in [0.15, 0.2) is 0 Å². The van der Waals surface area contributed by atoms with Crippen LogP contribution in [0, 0.1) is 0 Å². The van der Waals surface area contributed by atoms with E-state index >= 15 is 0 Å². The van der Waals surface area contributed by atoms with Crippen molar-refractivity contribution in [3.05, 3.63) is 120 Å². The van der Waals surface area contributed by atoms with E-state index in [0.29, 0.717) is 41.5 Å². The third-order valence-corrected chi connectivity index (χ3v) is 4.98. The Kier molecular flexibility index (Phi) is 7.18. The van der Waals surface area contributed by atoms with Crippen molar-refractivity contribution in [2.24, 2.45) is 0 Å². The van der Waals surface area contributed by atoms with Crippen molar-refractivity contribution in [1.29, 1.82) is 0 Å². The molecule has 0 aliphatic rings. The van der Waals surface area contributed by atoms with Crippen molar-refractivity contribution in [3.8, 4) is 5.75 Å². The fourth-order valence-corrected chi connectivity index (χ4v) is 3.28. The predicted octanol–water partition coefficient (Wildman–Crippen LogP) is 5.08. The second-order valence-corrected chi connectivity index (χ2v) is 7.41. The summed E-state index contributed by atoms with van der Waals surface area (Å²) in [6.45, 7) is 0.809. The molecule has 166 valence electrons. The van der Waals surface area contributed by atoms with Crippen LogP contribution in [0.3, 0.4) is 0 Å². The van der Waals surface area contributed by atoms with Gasteiger partial charge in [0.2, 0.25) is 0 Å². The van der Waals surface area contributed by atoms with E-state index in [-0.39, 0.29) is 11.8 Å². The summed E-state index contributed by atoms with van der Waals surface area (Å²) in [5.74, 6) is 0.760. The molecule has 33 heavy (non-hydrogen) atoms. The zero-order valence-corrected chi connectivity index (χ0v) is 18.0. The van der Waals surface area contributed by atoms with Crippen molar-refractivity contribution in [1.82, 2.24) is 5.32 Å². The Balaban J connectivity index is 1.33. The maximum absolute atomic E-state index is 12.7. The summed E-state index contributed by atoms with van der Waals surface area (Å²) >= 11 is 0. The Morgan fingerprint density at radius 3 is 2.36 bits per heavy atom. The van der Waals surface area contributed by atoms with Gasteiger partial charge in [-0.2, -0.15) is 0 Å². The maximum Gasteiger partial charge on any atom is 0.255 e. The first kappa shape index (κ1) is 21.9. The first-order valence-electron chi connectivity index (χ1n) is 10.7. The van der Waals surface area contributed by atoms with Crippen LogP contribution in [-0.2, 0) is 13.0 Å². The number of rotatable bonds is 9. The average Bonchev–Trinajstić information content (AvgIpc) is 3.37. The summed E-state index contributed by atoms with van der Waals surface area (Å²) in [6.07, 6.45) is 2.34. The van der Waals surface area contributed by atoms with E-state index in [1.54, 1.807) is 60.9 Å². The number of ether oxygens (including phenoxy) is 1. The summed E-state index contributed by atoms with van der Waals surface area (Å²) < 4.78 is 11.0. The lowest BCUT2D eigenvalue weighted by molar-refractivity contribution is 0.0946. The second-order valence-electron chi connectivity index (χ2n) is 7.41. The fraction of sp³-hybridized carbons (Fsp3) is 0.111. The van der Waals surface area contributed by atoms with E-state index in [0.717, 1.165) is 6.42 Å². The largest absolute Gasteiger partial charge is 0.493 e. The van der Waals surface area contributed by atoms with Gasteiger partial charge in [-0.05, 0) is 54.1 Å². The zero-order valence-electron chi connectivity index (χ0n) is 18.0. The number of carbonyl (C=O) groups excluding carboxylic acids is 2. The second kappa shape index (κ2) is 10.8. The highest BCUT2D eigenvalue weighted by Crippen LogP contribution is 2.17. The van der Waals surface area contributed by atoms with Crippen LogP contribution in [0.5, 0.6) is 5.75 Å². The molecule has 2 amide bonds. The molecule has 0 radical (unpaired) electrons. The molecule has 6 nitrogen and oxygen atoms in total. The maximum atomic E-state index is 12.7. The van der Waals surface area contributed by atoms with Gasteiger partial charge < -0.3 is 19.8 Å². The van der Waals surface area contributed by atoms with Gasteiger partial charge in [0.25, 0.3) is 11.8 Å². The van der Waals surface area contributed by atoms with E-state index in [2.05, 4.69) is 22.8 Å². The van der Waals surface area contributed by atoms with Crippen molar-refractivity contribution in [2.75, 3.05) is 11.9 Å². The molecule has 0 spiro atoms. The van der Waals surface area contributed by atoms with Gasteiger partial charge in [0.1, 0.15) is 11.5 Å². The first-order chi connectivity index (χ1) is 16.2. The molecule has 0 fully saturated rings. The number of benzene rings is 3. The molecule has 3 aromatic carbocycles. The van der Waals surface area contributed by atoms with Crippen LogP contribution >= 0.6 is 0 Å². The monoisotopic (exact) mass is 440 g/mol. The number of furan rings is 1. The molecule has 4 aromatic rings. The van der Waals surface area contributed by atoms with Gasteiger partial charge in [0, 0.05) is 23.2 Å². The molecule has 0 saturated carbocycles. The number of anilines is 1. The van der Waals surface area contributed by atoms with Gasteiger partial charge in [-0.1, -0.05) is 42.5 Å². The third kappa shape index (κ3) is 6.33. The molecule has 0 atom stereocenters. The van der Waals surface area contributed by atoms with E-state index < -0.39 is 0 Å². The quantitative estimate of drug-likeness (QED) is 0.380. The number of hydrogen-bond acceptors (Lipinski definition) is 4. The summed E-state index contributed by atoms with van der Waals surface area (Å²) in [4.78, 5) is 25.2. The van der Waals surface area contributed by atoms with Crippen LogP contribution in [-0.4, -0.2) is 18.4 Å². The predicted molar refractivity (Wildman–Crippen MR) is 126 cm³/mol. The zero-order chi connectivity index (χ0) is 22.9. The summed E-state index contributed by atoms with van der Waals surface area (Å²) in [7, 11) is 0. The number of hydrogen-bond donors (Lipinski definition) is 2. The van der Waals surface area contributed by atoms with E-state index in [1.165, 1.54) is 5.56 Å². The molecule has 0 bridgehead atoms. The molecule has 6 heteroatoms. The number of carbonyl (C=O) groups is 2. The highest BCUT2D eigenvalue weighted by Gasteiger charge is 2.11. The molecule has 4 rings (SSSR count). The van der Waals surface area contributed by atoms with Crippen LogP contribution in [0.15, 0.2) is 102 Å². The smallest absolute Gasteiger partial charge is 0.255 e. The summed E-state index contributed by atoms with van der Waals surface area (Å²) in [5.41, 5.74) is 2.64. The highest BCUT2D eigenvalue weighted by molar-refractivity contribution is 6.05. The van der Waals surface area contributed by atoms with Crippen molar-refractivity contribution in [3.63, 3.8) is 0 Å². The van der Waals surface area contributed by atoms with Gasteiger partial charge in [-0.15, -0.1) is 0 Å². The van der Waals surface area contributed by atoms with Crippen LogP contribution < -0.4 is 15.4 Å². The minimum atomic E-state index is -0.281. The molecular formula is C27H24N2O4. The lowest BCUT2D eigenvalue weighted by Crippen LogP contribution is -2.22. The number of nitrogens with one attached hydrogen (secondary N) is 2. The minimum Gasteiger partial charge on any atom is -0.493 e.